The number of hydrogen-bond acceptors (Lipinski definition) is 1. The van der Waals surface area contributed by atoms with Gasteiger partial charge in [-0.05, 0) is 42.0 Å². The molecule has 1 atom stereocenters. The maximum atomic E-state index is 9.95. The number of halogens is 2. The second-order valence-corrected chi connectivity index (χ2v) is 6.20. The van der Waals surface area contributed by atoms with E-state index in [0.29, 0.717) is 16.5 Å². The van der Waals surface area contributed by atoms with E-state index < -0.39 is 0 Å². The van der Waals surface area contributed by atoms with E-state index >= 15 is 0 Å². The Bertz CT molecular complexity index is 355. The summed E-state index contributed by atoms with van der Waals surface area (Å²) in [7, 11) is 0. The van der Waals surface area contributed by atoms with Gasteiger partial charge in [0.25, 0.3) is 0 Å². The van der Waals surface area contributed by atoms with E-state index in [4.69, 9.17) is 23.2 Å². The largest absolute Gasteiger partial charge is 0.393 e. The summed E-state index contributed by atoms with van der Waals surface area (Å²) in [6.45, 7) is 6.32. The lowest BCUT2D eigenvalue weighted by molar-refractivity contribution is 0.121. The van der Waals surface area contributed by atoms with Crippen molar-refractivity contribution in [2.24, 2.45) is 5.41 Å². The maximum absolute atomic E-state index is 9.95. The highest BCUT2D eigenvalue weighted by Crippen LogP contribution is 2.26. The standard InChI is InChI=1S/C13H18Cl2O/c1-13(2,3)8-11(16)7-9-6-10(14)4-5-12(9)15/h4-6,11,16H,7-8H2,1-3H3. The van der Waals surface area contributed by atoms with Gasteiger partial charge < -0.3 is 5.11 Å². The summed E-state index contributed by atoms with van der Waals surface area (Å²) in [6, 6.07) is 5.34. The molecule has 0 amide bonds. The van der Waals surface area contributed by atoms with Crippen LogP contribution in [0.4, 0.5) is 0 Å². The van der Waals surface area contributed by atoms with Gasteiger partial charge in [0.1, 0.15) is 0 Å². The van der Waals surface area contributed by atoms with Gasteiger partial charge in [0.05, 0.1) is 6.10 Å². The van der Waals surface area contributed by atoms with Gasteiger partial charge in [0.2, 0.25) is 0 Å². The van der Waals surface area contributed by atoms with E-state index in [-0.39, 0.29) is 11.5 Å². The average molecular weight is 261 g/mol. The van der Waals surface area contributed by atoms with Gasteiger partial charge in [-0.3, -0.25) is 0 Å². The lowest BCUT2D eigenvalue weighted by Crippen LogP contribution is -2.19. The van der Waals surface area contributed by atoms with Crippen molar-refractivity contribution >= 4 is 23.2 Å². The molecule has 16 heavy (non-hydrogen) atoms. The Balaban J connectivity index is 2.69. The normalized spacial score (nSPS) is 13.9. The Morgan fingerprint density at radius 3 is 2.44 bits per heavy atom. The van der Waals surface area contributed by atoms with Crippen LogP contribution in [0.15, 0.2) is 18.2 Å². The number of aliphatic hydroxyl groups excluding tert-OH is 1. The molecule has 3 heteroatoms. The van der Waals surface area contributed by atoms with Crippen LogP contribution in [0.1, 0.15) is 32.8 Å². The van der Waals surface area contributed by atoms with Crippen LogP contribution >= 0.6 is 23.2 Å². The van der Waals surface area contributed by atoms with Crippen molar-refractivity contribution in [2.45, 2.75) is 39.7 Å². The lowest BCUT2D eigenvalue weighted by atomic mass is 9.87. The zero-order chi connectivity index (χ0) is 12.3. The fraction of sp³-hybridized carbons (Fsp3) is 0.538. The zero-order valence-electron chi connectivity index (χ0n) is 9.93. The van der Waals surface area contributed by atoms with E-state index in [1.165, 1.54) is 0 Å². The zero-order valence-corrected chi connectivity index (χ0v) is 11.4. The molecule has 90 valence electrons. The molecule has 0 heterocycles. The average Bonchev–Trinajstić information content (AvgIpc) is 2.08. The molecule has 0 aliphatic heterocycles. The molecule has 0 aliphatic rings. The molecule has 1 rings (SSSR count). The first-order valence-corrected chi connectivity index (χ1v) is 6.15. The topological polar surface area (TPSA) is 20.2 Å². The molecular formula is C13H18Cl2O. The Morgan fingerprint density at radius 2 is 1.88 bits per heavy atom. The molecule has 0 bridgehead atoms. The molecule has 0 fully saturated rings. The van der Waals surface area contributed by atoms with Crippen molar-refractivity contribution in [3.8, 4) is 0 Å². The van der Waals surface area contributed by atoms with Crippen molar-refractivity contribution in [2.75, 3.05) is 0 Å². The van der Waals surface area contributed by atoms with Crippen molar-refractivity contribution in [3.63, 3.8) is 0 Å². The van der Waals surface area contributed by atoms with Gasteiger partial charge in [-0.25, -0.2) is 0 Å². The summed E-state index contributed by atoms with van der Waals surface area (Å²) in [4.78, 5) is 0. The molecule has 1 aromatic rings. The van der Waals surface area contributed by atoms with Crippen molar-refractivity contribution in [1.82, 2.24) is 0 Å². The second-order valence-electron chi connectivity index (χ2n) is 5.36. The molecule has 1 unspecified atom stereocenters. The lowest BCUT2D eigenvalue weighted by Gasteiger charge is -2.22. The quantitative estimate of drug-likeness (QED) is 0.858. The number of hydrogen-bond donors (Lipinski definition) is 1. The first kappa shape index (κ1) is 13.8. The van der Waals surface area contributed by atoms with E-state index in [1.807, 2.05) is 6.07 Å². The van der Waals surface area contributed by atoms with Crippen LogP contribution in [0, 0.1) is 5.41 Å². The predicted octanol–water partition coefficient (Wildman–Crippen LogP) is 4.33. The van der Waals surface area contributed by atoms with E-state index in [0.717, 1.165) is 12.0 Å². The van der Waals surface area contributed by atoms with Gasteiger partial charge in [0.15, 0.2) is 0 Å². The van der Waals surface area contributed by atoms with Crippen LogP contribution in [-0.4, -0.2) is 11.2 Å². The number of benzene rings is 1. The van der Waals surface area contributed by atoms with Gasteiger partial charge in [0, 0.05) is 10.0 Å². The van der Waals surface area contributed by atoms with Gasteiger partial charge in [-0.1, -0.05) is 44.0 Å². The predicted molar refractivity (Wildman–Crippen MR) is 70.2 cm³/mol. The third kappa shape index (κ3) is 4.73. The second kappa shape index (κ2) is 5.39. The highest BCUT2D eigenvalue weighted by Gasteiger charge is 2.17. The van der Waals surface area contributed by atoms with Gasteiger partial charge in [-0.15, -0.1) is 0 Å². The SMILES string of the molecule is CC(C)(C)CC(O)Cc1cc(Cl)ccc1Cl. The Morgan fingerprint density at radius 1 is 1.25 bits per heavy atom. The third-order valence-electron chi connectivity index (χ3n) is 2.31. The minimum absolute atomic E-state index is 0.116. The molecule has 1 N–H and O–H groups in total. The Kier molecular flexibility index (Phi) is 4.66. The maximum Gasteiger partial charge on any atom is 0.0586 e. The van der Waals surface area contributed by atoms with E-state index in [9.17, 15) is 5.11 Å². The molecule has 0 aliphatic carbocycles. The van der Waals surface area contributed by atoms with Crippen LogP contribution in [0.2, 0.25) is 10.0 Å². The first-order valence-electron chi connectivity index (χ1n) is 5.40. The minimum atomic E-state index is -0.379. The van der Waals surface area contributed by atoms with Crippen molar-refractivity contribution in [1.29, 1.82) is 0 Å². The summed E-state index contributed by atoms with van der Waals surface area (Å²) >= 11 is 11.9. The minimum Gasteiger partial charge on any atom is -0.393 e. The van der Waals surface area contributed by atoms with E-state index in [1.54, 1.807) is 12.1 Å². The fourth-order valence-corrected chi connectivity index (χ4v) is 2.12. The number of aliphatic hydroxyl groups is 1. The summed E-state index contributed by atoms with van der Waals surface area (Å²) in [6.07, 6.45) is 0.919. The van der Waals surface area contributed by atoms with Gasteiger partial charge in [-0.2, -0.15) is 0 Å². The summed E-state index contributed by atoms with van der Waals surface area (Å²) in [5, 5.41) is 11.3. The van der Waals surface area contributed by atoms with Crippen LogP contribution < -0.4 is 0 Å². The highest BCUT2D eigenvalue weighted by molar-refractivity contribution is 6.33. The molecule has 0 spiro atoms. The molecular weight excluding hydrogens is 243 g/mol. The molecule has 0 saturated carbocycles. The highest BCUT2D eigenvalue weighted by atomic mass is 35.5. The van der Waals surface area contributed by atoms with Crippen LogP contribution in [0.5, 0.6) is 0 Å². The third-order valence-corrected chi connectivity index (χ3v) is 2.92. The summed E-state index contributed by atoms with van der Waals surface area (Å²) in [5.41, 5.74) is 1.02. The van der Waals surface area contributed by atoms with Gasteiger partial charge >= 0.3 is 0 Å². The molecule has 0 aromatic heterocycles. The molecule has 1 aromatic carbocycles. The molecule has 1 nitrogen and oxygen atoms in total. The molecule has 0 saturated heterocycles. The van der Waals surface area contributed by atoms with Crippen molar-refractivity contribution < 1.29 is 5.11 Å². The Labute approximate surface area is 107 Å². The first-order chi connectivity index (χ1) is 7.28. The van der Waals surface area contributed by atoms with Crippen LogP contribution in [0.25, 0.3) is 0 Å². The fourth-order valence-electron chi connectivity index (χ4n) is 1.73. The Hall–Kier alpha value is -0.240. The van der Waals surface area contributed by atoms with Crippen molar-refractivity contribution in [3.05, 3.63) is 33.8 Å². The van der Waals surface area contributed by atoms with E-state index in [2.05, 4.69) is 20.8 Å². The summed E-state index contributed by atoms with van der Waals surface area (Å²) < 4.78 is 0. The number of rotatable bonds is 3. The summed E-state index contributed by atoms with van der Waals surface area (Å²) in [5.74, 6) is 0. The smallest absolute Gasteiger partial charge is 0.0586 e. The monoisotopic (exact) mass is 260 g/mol. The van der Waals surface area contributed by atoms with Crippen LogP contribution in [0.3, 0.4) is 0 Å². The van der Waals surface area contributed by atoms with Crippen LogP contribution in [-0.2, 0) is 6.42 Å². The molecule has 0 radical (unpaired) electrons.